The van der Waals surface area contributed by atoms with Crippen molar-refractivity contribution in [2.75, 3.05) is 12.1 Å². The zero-order valence-corrected chi connectivity index (χ0v) is 13.4. The summed E-state index contributed by atoms with van der Waals surface area (Å²) in [6.07, 6.45) is -1.45. The van der Waals surface area contributed by atoms with E-state index < -0.39 is 11.9 Å². The largest absolute Gasteiger partial charge is 0.433 e. The SMILES string of the molecule is CN(NC(=O)c1cccn1C)c1nccc2nc(C(F)(F)F)ccc12. The molecule has 1 N–H and O–H groups in total. The van der Waals surface area contributed by atoms with E-state index >= 15 is 0 Å². The number of alkyl halides is 3. The van der Waals surface area contributed by atoms with Crippen LogP contribution < -0.4 is 10.4 Å². The molecule has 0 atom stereocenters. The number of rotatable bonds is 3. The van der Waals surface area contributed by atoms with Crippen LogP contribution in [0.25, 0.3) is 10.9 Å². The van der Waals surface area contributed by atoms with E-state index in [0.29, 0.717) is 16.9 Å². The molecule has 6 nitrogen and oxygen atoms in total. The molecule has 0 bridgehead atoms. The summed E-state index contributed by atoms with van der Waals surface area (Å²) >= 11 is 0. The molecule has 9 heteroatoms. The number of hydrogen-bond donors (Lipinski definition) is 1. The number of amides is 1. The van der Waals surface area contributed by atoms with Gasteiger partial charge in [0.15, 0.2) is 5.82 Å². The van der Waals surface area contributed by atoms with Gasteiger partial charge < -0.3 is 4.57 Å². The smallest absolute Gasteiger partial charge is 0.347 e. The van der Waals surface area contributed by atoms with Gasteiger partial charge in [-0.25, -0.2) is 9.97 Å². The van der Waals surface area contributed by atoms with Crippen molar-refractivity contribution in [3.8, 4) is 0 Å². The molecule has 3 aromatic rings. The van der Waals surface area contributed by atoms with Gasteiger partial charge in [0, 0.05) is 31.9 Å². The van der Waals surface area contributed by atoms with Gasteiger partial charge in [0.2, 0.25) is 0 Å². The maximum absolute atomic E-state index is 12.8. The fourth-order valence-electron chi connectivity index (χ4n) is 2.42. The maximum Gasteiger partial charge on any atom is 0.433 e. The van der Waals surface area contributed by atoms with Gasteiger partial charge >= 0.3 is 6.18 Å². The van der Waals surface area contributed by atoms with Crippen LogP contribution in [0.1, 0.15) is 16.2 Å². The van der Waals surface area contributed by atoms with Crippen LogP contribution in [0.2, 0.25) is 0 Å². The number of nitrogens with zero attached hydrogens (tertiary/aromatic N) is 4. The van der Waals surface area contributed by atoms with Crippen molar-refractivity contribution < 1.29 is 18.0 Å². The second-order valence-electron chi connectivity index (χ2n) is 5.40. The molecule has 0 aliphatic rings. The summed E-state index contributed by atoms with van der Waals surface area (Å²) in [6.45, 7) is 0. The molecule has 0 aromatic carbocycles. The Labute approximate surface area is 140 Å². The molecule has 25 heavy (non-hydrogen) atoms. The van der Waals surface area contributed by atoms with Gasteiger partial charge in [0.05, 0.1) is 5.52 Å². The van der Waals surface area contributed by atoms with Gasteiger partial charge in [-0.3, -0.25) is 15.2 Å². The number of carbonyl (C=O) groups is 1. The van der Waals surface area contributed by atoms with Crippen LogP contribution in [0, 0.1) is 0 Å². The Bertz CT molecular complexity index is 935. The van der Waals surface area contributed by atoms with E-state index in [1.165, 1.54) is 23.3 Å². The zero-order valence-electron chi connectivity index (χ0n) is 13.4. The van der Waals surface area contributed by atoms with E-state index in [-0.39, 0.29) is 11.4 Å². The van der Waals surface area contributed by atoms with E-state index in [2.05, 4.69) is 15.4 Å². The third kappa shape index (κ3) is 3.25. The summed E-state index contributed by atoms with van der Waals surface area (Å²) in [5.74, 6) is -0.0741. The fourth-order valence-corrected chi connectivity index (χ4v) is 2.42. The van der Waals surface area contributed by atoms with Crippen LogP contribution in [0.5, 0.6) is 0 Å². The lowest BCUT2D eigenvalue weighted by atomic mass is 10.2. The first-order valence-electron chi connectivity index (χ1n) is 7.26. The number of nitrogens with one attached hydrogen (secondary N) is 1. The van der Waals surface area contributed by atoms with Crippen molar-refractivity contribution in [1.29, 1.82) is 0 Å². The molecule has 3 heterocycles. The first-order chi connectivity index (χ1) is 11.8. The minimum absolute atomic E-state index is 0.139. The van der Waals surface area contributed by atoms with Crippen molar-refractivity contribution in [3.05, 3.63) is 54.1 Å². The molecule has 0 unspecified atom stereocenters. The van der Waals surface area contributed by atoms with E-state index in [4.69, 9.17) is 0 Å². The Kier molecular flexibility index (Phi) is 4.07. The Morgan fingerprint density at radius 1 is 1.24 bits per heavy atom. The molecule has 0 aliphatic carbocycles. The van der Waals surface area contributed by atoms with Crippen molar-refractivity contribution >= 4 is 22.6 Å². The normalized spacial score (nSPS) is 11.6. The zero-order chi connectivity index (χ0) is 18.2. The van der Waals surface area contributed by atoms with Gasteiger partial charge in [-0.1, -0.05) is 0 Å². The molecular formula is C16H14F3N5O. The highest BCUT2D eigenvalue weighted by atomic mass is 19.4. The molecule has 130 valence electrons. The lowest BCUT2D eigenvalue weighted by Gasteiger charge is -2.21. The fraction of sp³-hybridized carbons (Fsp3) is 0.188. The number of carbonyl (C=O) groups excluding carboxylic acids is 1. The number of fused-ring (bicyclic) bond motifs is 1. The summed E-state index contributed by atoms with van der Waals surface area (Å²) in [5.41, 5.74) is 2.23. The van der Waals surface area contributed by atoms with Crippen LogP contribution in [-0.4, -0.2) is 27.5 Å². The first-order valence-corrected chi connectivity index (χ1v) is 7.26. The van der Waals surface area contributed by atoms with Gasteiger partial charge in [0.1, 0.15) is 11.4 Å². The van der Waals surface area contributed by atoms with Crippen molar-refractivity contribution in [2.45, 2.75) is 6.18 Å². The number of anilines is 1. The minimum atomic E-state index is -4.52. The van der Waals surface area contributed by atoms with E-state index in [1.54, 1.807) is 37.0 Å². The molecule has 3 rings (SSSR count). The first kappa shape index (κ1) is 16.7. The number of pyridine rings is 2. The van der Waals surface area contributed by atoms with Crippen LogP contribution >= 0.6 is 0 Å². The van der Waals surface area contributed by atoms with E-state index in [0.717, 1.165) is 6.07 Å². The topological polar surface area (TPSA) is 63.1 Å². The molecular weight excluding hydrogens is 335 g/mol. The molecule has 0 fully saturated rings. The van der Waals surface area contributed by atoms with Crippen molar-refractivity contribution in [2.24, 2.45) is 7.05 Å². The molecule has 1 amide bonds. The highest BCUT2D eigenvalue weighted by Crippen LogP contribution is 2.30. The lowest BCUT2D eigenvalue weighted by Crippen LogP contribution is -2.40. The Balaban J connectivity index is 1.92. The number of hydrazine groups is 1. The van der Waals surface area contributed by atoms with Crippen LogP contribution in [0.3, 0.4) is 0 Å². The lowest BCUT2D eigenvalue weighted by molar-refractivity contribution is -0.140. The summed E-state index contributed by atoms with van der Waals surface area (Å²) in [4.78, 5) is 20.0. The van der Waals surface area contributed by atoms with E-state index in [9.17, 15) is 18.0 Å². The average molecular weight is 349 g/mol. The molecule has 0 spiro atoms. The van der Waals surface area contributed by atoms with Crippen molar-refractivity contribution in [3.63, 3.8) is 0 Å². The standard InChI is InChI=1S/C16H14F3N5O/c1-23-9-3-4-12(23)15(25)22-24(2)14-10-5-6-13(16(17,18)19)21-11(10)7-8-20-14/h3-9H,1-2H3,(H,22,25). The molecule has 0 saturated heterocycles. The van der Waals surface area contributed by atoms with Crippen LogP contribution in [0.4, 0.5) is 19.0 Å². The van der Waals surface area contributed by atoms with Crippen LogP contribution in [-0.2, 0) is 13.2 Å². The highest BCUT2D eigenvalue weighted by molar-refractivity contribution is 5.95. The van der Waals surface area contributed by atoms with Crippen molar-refractivity contribution in [1.82, 2.24) is 20.0 Å². The maximum atomic E-state index is 12.8. The average Bonchev–Trinajstić information content (AvgIpc) is 2.99. The molecule has 0 saturated carbocycles. The third-order valence-corrected chi connectivity index (χ3v) is 3.65. The Hall–Kier alpha value is -3.10. The van der Waals surface area contributed by atoms with Gasteiger partial charge in [-0.05, 0) is 30.3 Å². The summed E-state index contributed by atoms with van der Waals surface area (Å²) < 4.78 is 40.0. The predicted octanol–water partition coefficient (Wildman–Crippen LogP) is 2.77. The molecule has 0 aliphatic heterocycles. The van der Waals surface area contributed by atoms with E-state index in [1.807, 2.05) is 0 Å². The van der Waals surface area contributed by atoms with Gasteiger partial charge in [-0.2, -0.15) is 13.2 Å². The number of aromatic nitrogens is 3. The third-order valence-electron chi connectivity index (χ3n) is 3.65. The molecule has 3 aromatic heterocycles. The second kappa shape index (κ2) is 6.08. The Morgan fingerprint density at radius 2 is 2.00 bits per heavy atom. The minimum Gasteiger partial charge on any atom is -0.347 e. The van der Waals surface area contributed by atoms with Gasteiger partial charge in [-0.15, -0.1) is 0 Å². The predicted molar refractivity (Wildman–Crippen MR) is 85.8 cm³/mol. The van der Waals surface area contributed by atoms with Crippen LogP contribution in [0.15, 0.2) is 42.7 Å². The number of hydrogen-bond acceptors (Lipinski definition) is 4. The summed E-state index contributed by atoms with van der Waals surface area (Å²) in [6, 6.07) is 6.95. The number of halogens is 3. The quantitative estimate of drug-likeness (QED) is 0.739. The summed E-state index contributed by atoms with van der Waals surface area (Å²) in [5, 5.41) is 1.75. The highest BCUT2D eigenvalue weighted by Gasteiger charge is 2.32. The monoisotopic (exact) mass is 349 g/mol. The van der Waals surface area contributed by atoms with Gasteiger partial charge in [0.25, 0.3) is 5.91 Å². The molecule has 0 radical (unpaired) electrons. The Morgan fingerprint density at radius 3 is 2.64 bits per heavy atom. The summed E-state index contributed by atoms with van der Waals surface area (Å²) in [7, 11) is 3.29. The number of aryl methyl sites for hydroxylation is 1. The second-order valence-corrected chi connectivity index (χ2v) is 5.40.